The van der Waals surface area contributed by atoms with Crippen LogP contribution < -0.4 is 20.9 Å². The molecule has 0 aliphatic carbocycles. The highest BCUT2D eigenvalue weighted by Gasteiger charge is 2.11. The lowest BCUT2D eigenvalue weighted by Crippen LogP contribution is -2.36. The van der Waals surface area contributed by atoms with Gasteiger partial charge in [0.1, 0.15) is 24.4 Å². The number of aromatic nitrogens is 2. The number of hydrogen-bond acceptors (Lipinski definition) is 8. The van der Waals surface area contributed by atoms with Gasteiger partial charge in [-0.25, -0.2) is 9.97 Å². The fourth-order valence-electron chi connectivity index (χ4n) is 3.48. The maximum absolute atomic E-state index is 11.6. The summed E-state index contributed by atoms with van der Waals surface area (Å²) in [6, 6.07) is 19.4. The first-order chi connectivity index (χ1) is 16.2. The van der Waals surface area contributed by atoms with Gasteiger partial charge in [-0.15, -0.1) is 0 Å². The average Bonchev–Trinajstić information content (AvgIpc) is 2.84. The predicted octanol–water partition coefficient (Wildman–Crippen LogP) is 3.52. The average molecular weight is 444 g/mol. The highest BCUT2D eigenvalue weighted by molar-refractivity contribution is 5.92. The second kappa shape index (κ2) is 10.9. The minimum Gasteiger partial charge on any atom is -0.378 e. The number of anilines is 5. The van der Waals surface area contributed by atoms with Crippen LogP contribution in [-0.4, -0.2) is 42.2 Å². The summed E-state index contributed by atoms with van der Waals surface area (Å²) in [5, 5.41) is 17.9. The third-order valence-corrected chi connectivity index (χ3v) is 5.11. The summed E-state index contributed by atoms with van der Waals surface area (Å²) in [7, 11) is 0. The van der Waals surface area contributed by atoms with Gasteiger partial charge in [-0.1, -0.05) is 12.1 Å². The molecule has 0 radical (unpaired) electrons. The van der Waals surface area contributed by atoms with Crippen molar-refractivity contribution in [3.63, 3.8) is 0 Å². The fourth-order valence-corrected chi connectivity index (χ4v) is 3.48. The second-order valence-electron chi connectivity index (χ2n) is 7.50. The number of carbonyl (C=O) groups excluding carboxylic acids is 1. The van der Waals surface area contributed by atoms with Gasteiger partial charge in [0.05, 0.1) is 19.3 Å². The number of morpholine rings is 1. The summed E-state index contributed by atoms with van der Waals surface area (Å²) in [6.45, 7) is 3.85. The van der Waals surface area contributed by atoms with Crippen molar-refractivity contribution in [2.75, 3.05) is 47.2 Å². The van der Waals surface area contributed by atoms with Gasteiger partial charge >= 0.3 is 0 Å². The van der Waals surface area contributed by atoms with Crippen molar-refractivity contribution in [3.8, 4) is 6.07 Å². The lowest BCUT2D eigenvalue weighted by atomic mass is 10.2. The summed E-state index contributed by atoms with van der Waals surface area (Å²) in [4.78, 5) is 22.5. The van der Waals surface area contributed by atoms with Crippen LogP contribution in [0, 0.1) is 11.3 Å². The topological polar surface area (TPSA) is 115 Å². The Kier molecular flexibility index (Phi) is 7.30. The quantitative estimate of drug-likeness (QED) is 0.484. The summed E-state index contributed by atoms with van der Waals surface area (Å²) in [5.74, 6) is 1.03. The van der Waals surface area contributed by atoms with Crippen LogP contribution in [0.4, 0.5) is 28.7 Å². The van der Waals surface area contributed by atoms with Gasteiger partial charge in [0, 0.05) is 42.8 Å². The molecule has 2 heterocycles. The first-order valence-corrected chi connectivity index (χ1v) is 10.7. The zero-order chi connectivity index (χ0) is 22.9. The number of benzene rings is 2. The monoisotopic (exact) mass is 443 g/mol. The smallest absolute Gasteiger partial charge is 0.238 e. The van der Waals surface area contributed by atoms with Gasteiger partial charge in [0.2, 0.25) is 5.91 Å². The van der Waals surface area contributed by atoms with Crippen LogP contribution in [0.15, 0.2) is 60.9 Å². The molecular weight excluding hydrogens is 418 g/mol. The number of nitrogens with zero attached hydrogens (tertiary/aromatic N) is 4. The maximum Gasteiger partial charge on any atom is 0.238 e. The molecular formula is C24H25N7O2. The summed E-state index contributed by atoms with van der Waals surface area (Å²) < 4.78 is 5.41. The molecule has 1 aliphatic rings. The molecule has 4 rings (SSSR count). The molecule has 9 heteroatoms. The number of nitriles is 1. The molecule has 0 bridgehead atoms. The number of nitrogens with one attached hydrogen (secondary N) is 3. The van der Waals surface area contributed by atoms with Crippen LogP contribution in [0.2, 0.25) is 0 Å². The second-order valence-corrected chi connectivity index (χ2v) is 7.50. The Balaban J connectivity index is 1.34. The normalized spacial score (nSPS) is 13.1. The molecule has 33 heavy (non-hydrogen) atoms. The van der Waals surface area contributed by atoms with Crippen molar-refractivity contribution in [1.82, 2.24) is 9.97 Å². The zero-order valence-electron chi connectivity index (χ0n) is 18.1. The van der Waals surface area contributed by atoms with E-state index >= 15 is 0 Å². The molecule has 1 amide bonds. The van der Waals surface area contributed by atoms with Crippen molar-refractivity contribution in [3.05, 3.63) is 66.5 Å². The van der Waals surface area contributed by atoms with Gasteiger partial charge in [-0.2, -0.15) is 5.26 Å². The number of hydrogen-bond donors (Lipinski definition) is 3. The van der Waals surface area contributed by atoms with Crippen LogP contribution in [0.3, 0.4) is 0 Å². The number of carbonyl (C=O) groups is 1. The van der Waals surface area contributed by atoms with Crippen molar-refractivity contribution < 1.29 is 9.53 Å². The van der Waals surface area contributed by atoms with Gasteiger partial charge < -0.3 is 25.6 Å². The van der Waals surface area contributed by atoms with E-state index in [2.05, 4.69) is 43.0 Å². The van der Waals surface area contributed by atoms with Gasteiger partial charge in [0.15, 0.2) is 0 Å². The van der Waals surface area contributed by atoms with E-state index in [9.17, 15) is 4.79 Å². The number of amides is 1. The summed E-state index contributed by atoms with van der Waals surface area (Å²) in [6.07, 6.45) is 1.33. The Morgan fingerprint density at radius 1 is 1.03 bits per heavy atom. The Hall–Kier alpha value is -4.16. The van der Waals surface area contributed by atoms with Crippen LogP contribution in [0.5, 0.6) is 0 Å². The largest absolute Gasteiger partial charge is 0.378 e. The molecule has 1 fully saturated rings. The Bertz CT molecular complexity index is 1120. The first-order valence-electron chi connectivity index (χ1n) is 10.7. The molecule has 168 valence electrons. The predicted molar refractivity (Wildman–Crippen MR) is 127 cm³/mol. The van der Waals surface area contributed by atoms with Gasteiger partial charge in [0.25, 0.3) is 0 Å². The van der Waals surface area contributed by atoms with Crippen molar-refractivity contribution in [2.45, 2.75) is 13.0 Å². The van der Waals surface area contributed by atoms with Crippen LogP contribution in [0.25, 0.3) is 0 Å². The Morgan fingerprint density at radius 3 is 2.61 bits per heavy atom. The summed E-state index contributed by atoms with van der Waals surface area (Å²) >= 11 is 0. The van der Waals surface area contributed by atoms with E-state index in [1.807, 2.05) is 42.5 Å². The standard InChI is InChI=1S/C24H25N7O2/c25-9-8-24(32)30-20-3-1-2-18(14-20)16-26-22-15-23(28-17-27-22)29-19-4-6-21(7-5-19)31-10-12-33-13-11-31/h1-7,14-15,17H,8,10-13,16H2,(H,30,32)(H2,26,27,28,29). The number of rotatable bonds is 8. The van der Waals surface area contributed by atoms with E-state index in [0.717, 1.165) is 37.6 Å². The summed E-state index contributed by atoms with van der Waals surface area (Å²) in [5.41, 5.74) is 3.74. The van der Waals surface area contributed by atoms with Crippen molar-refractivity contribution in [2.24, 2.45) is 0 Å². The lowest BCUT2D eigenvalue weighted by Gasteiger charge is -2.28. The van der Waals surface area contributed by atoms with Gasteiger partial charge in [-0.05, 0) is 42.0 Å². The van der Waals surface area contributed by atoms with Crippen molar-refractivity contribution >= 4 is 34.6 Å². The third kappa shape index (κ3) is 6.41. The lowest BCUT2D eigenvalue weighted by molar-refractivity contribution is -0.115. The molecule has 1 saturated heterocycles. The fraction of sp³-hybridized carbons (Fsp3) is 0.250. The Labute approximate surface area is 192 Å². The molecule has 0 unspecified atom stereocenters. The highest BCUT2D eigenvalue weighted by atomic mass is 16.5. The van der Waals surface area contributed by atoms with Gasteiger partial charge in [-0.3, -0.25) is 4.79 Å². The minimum absolute atomic E-state index is 0.171. The van der Waals surface area contributed by atoms with Crippen molar-refractivity contribution in [1.29, 1.82) is 5.26 Å². The Morgan fingerprint density at radius 2 is 1.82 bits per heavy atom. The third-order valence-electron chi connectivity index (χ3n) is 5.11. The molecule has 1 aliphatic heterocycles. The van der Waals surface area contributed by atoms with E-state index in [1.54, 1.807) is 6.07 Å². The molecule has 3 N–H and O–H groups in total. The molecule has 1 aromatic heterocycles. The minimum atomic E-state index is -0.327. The molecule has 0 spiro atoms. The van der Waals surface area contributed by atoms with E-state index in [1.165, 1.54) is 12.0 Å². The van der Waals surface area contributed by atoms with E-state index in [-0.39, 0.29) is 12.3 Å². The maximum atomic E-state index is 11.6. The zero-order valence-corrected chi connectivity index (χ0v) is 18.1. The van der Waals surface area contributed by atoms with Crippen LogP contribution in [0.1, 0.15) is 12.0 Å². The molecule has 9 nitrogen and oxygen atoms in total. The molecule has 0 saturated carbocycles. The van der Waals surface area contributed by atoms with E-state index in [4.69, 9.17) is 10.00 Å². The van der Waals surface area contributed by atoms with Crippen LogP contribution >= 0.6 is 0 Å². The van der Waals surface area contributed by atoms with E-state index in [0.29, 0.717) is 23.9 Å². The first kappa shape index (κ1) is 22.0. The van der Waals surface area contributed by atoms with E-state index < -0.39 is 0 Å². The number of ether oxygens (including phenoxy) is 1. The molecule has 2 aromatic carbocycles. The highest BCUT2D eigenvalue weighted by Crippen LogP contribution is 2.22. The van der Waals surface area contributed by atoms with Crippen LogP contribution in [-0.2, 0) is 16.1 Å². The SMILES string of the molecule is N#CCC(=O)Nc1cccc(CNc2cc(Nc3ccc(N4CCOCC4)cc3)ncn2)c1. The molecule has 3 aromatic rings. The molecule has 0 atom stereocenters.